The van der Waals surface area contributed by atoms with E-state index in [0.29, 0.717) is 0 Å². The summed E-state index contributed by atoms with van der Waals surface area (Å²) in [5.74, 6) is 1.99. The highest BCUT2D eigenvalue weighted by Gasteiger charge is 2.30. The molecule has 2 aliphatic carbocycles. The van der Waals surface area contributed by atoms with Crippen molar-refractivity contribution in [3.63, 3.8) is 0 Å². The summed E-state index contributed by atoms with van der Waals surface area (Å²) in [6.45, 7) is 6.06. The Labute approximate surface area is 149 Å². The molecule has 0 aromatic heterocycles. The molecule has 0 aromatic carbocycles. The van der Waals surface area contributed by atoms with Crippen molar-refractivity contribution in [3.05, 3.63) is 12.7 Å². The van der Waals surface area contributed by atoms with Gasteiger partial charge in [-0.05, 0) is 76.0 Å². The van der Waals surface area contributed by atoms with Gasteiger partial charge in [0, 0.05) is 0 Å². The number of hydrogen-bond donors (Lipinski definition) is 0. The van der Waals surface area contributed by atoms with Crippen LogP contribution in [0.3, 0.4) is 0 Å². The van der Waals surface area contributed by atoms with Crippen LogP contribution in [-0.4, -0.2) is 12.1 Å². The Morgan fingerprint density at radius 2 is 1.54 bits per heavy atom. The first-order valence-corrected chi connectivity index (χ1v) is 10.5. The average molecular weight is 335 g/mol. The topological polar surface area (TPSA) is 26.3 Å². The second-order valence-corrected chi connectivity index (χ2v) is 8.16. The lowest BCUT2D eigenvalue weighted by Gasteiger charge is -2.31. The summed E-state index contributed by atoms with van der Waals surface area (Å²) < 4.78 is 5.87. The maximum Gasteiger partial charge on any atom is 0.309 e. The van der Waals surface area contributed by atoms with Gasteiger partial charge in [0.2, 0.25) is 0 Å². The standard InChI is InChI=1S/C22H38O2/c1-3-5-7-9-19-10-14-20(15-11-19)22(23)24-21-16-12-18(13-17-21)8-6-4-2/h3,18-21H,1,4-17H2,2H3. The number of carbonyl (C=O) groups is 1. The molecule has 2 rings (SSSR count). The zero-order valence-corrected chi connectivity index (χ0v) is 15.8. The summed E-state index contributed by atoms with van der Waals surface area (Å²) in [6, 6.07) is 0. The molecule has 24 heavy (non-hydrogen) atoms. The molecular weight excluding hydrogens is 296 g/mol. The molecular formula is C22H38O2. The molecule has 0 atom stereocenters. The Morgan fingerprint density at radius 1 is 0.958 bits per heavy atom. The number of carbonyl (C=O) groups excluding carboxylic acids is 1. The fraction of sp³-hybridized carbons (Fsp3) is 0.864. The molecule has 138 valence electrons. The summed E-state index contributed by atoms with van der Waals surface area (Å²) >= 11 is 0. The highest BCUT2D eigenvalue weighted by atomic mass is 16.5. The number of ether oxygens (including phenoxy) is 1. The normalized spacial score (nSPS) is 30.7. The second-order valence-electron chi connectivity index (χ2n) is 8.16. The number of hydrogen-bond acceptors (Lipinski definition) is 2. The van der Waals surface area contributed by atoms with E-state index in [1.807, 2.05) is 6.08 Å². The molecule has 0 spiro atoms. The molecule has 0 unspecified atom stereocenters. The first kappa shape index (κ1) is 19.5. The van der Waals surface area contributed by atoms with Crippen molar-refractivity contribution in [3.8, 4) is 0 Å². The van der Waals surface area contributed by atoms with E-state index in [9.17, 15) is 4.79 Å². The first-order valence-electron chi connectivity index (χ1n) is 10.5. The molecule has 0 saturated heterocycles. The fourth-order valence-corrected chi connectivity index (χ4v) is 4.53. The van der Waals surface area contributed by atoms with Gasteiger partial charge in [-0.15, -0.1) is 6.58 Å². The maximum atomic E-state index is 12.5. The molecule has 2 heteroatoms. The predicted octanol–water partition coefficient (Wildman–Crippen LogP) is 6.44. The Hall–Kier alpha value is -0.790. The minimum Gasteiger partial charge on any atom is -0.462 e. The smallest absolute Gasteiger partial charge is 0.309 e. The number of allylic oxidation sites excluding steroid dienone is 1. The van der Waals surface area contributed by atoms with Gasteiger partial charge in [0.15, 0.2) is 0 Å². The predicted molar refractivity (Wildman–Crippen MR) is 101 cm³/mol. The van der Waals surface area contributed by atoms with Crippen molar-refractivity contribution >= 4 is 5.97 Å². The molecule has 0 amide bonds. The van der Waals surface area contributed by atoms with Crippen molar-refractivity contribution in [2.75, 3.05) is 0 Å². The second kappa shape index (κ2) is 10.9. The van der Waals surface area contributed by atoms with E-state index in [1.165, 1.54) is 57.8 Å². The SMILES string of the molecule is C=CCCCC1CCC(C(=O)OC2CCC(CCCC)CC2)CC1. The average Bonchev–Trinajstić information content (AvgIpc) is 2.62. The highest BCUT2D eigenvalue weighted by molar-refractivity contribution is 5.72. The largest absolute Gasteiger partial charge is 0.462 e. The van der Waals surface area contributed by atoms with Gasteiger partial charge in [-0.25, -0.2) is 0 Å². The van der Waals surface area contributed by atoms with E-state index < -0.39 is 0 Å². The summed E-state index contributed by atoms with van der Waals surface area (Å²) in [6.07, 6.45) is 19.1. The van der Waals surface area contributed by atoms with Crippen LogP contribution >= 0.6 is 0 Å². The van der Waals surface area contributed by atoms with Gasteiger partial charge in [0.1, 0.15) is 6.10 Å². The lowest BCUT2D eigenvalue weighted by molar-refractivity contribution is -0.157. The van der Waals surface area contributed by atoms with Crippen LogP contribution < -0.4 is 0 Å². The molecule has 2 nitrogen and oxygen atoms in total. The van der Waals surface area contributed by atoms with Crippen LogP contribution in [0.4, 0.5) is 0 Å². The van der Waals surface area contributed by atoms with Crippen LogP contribution in [0.15, 0.2) is 12.7 Å². The van der Waals surface area contributed by atoms with E-state index in [-0.39, 0.29) is 18.0 Å². The van der Waals surface area contributed by atoms with Crippen molar-refractivity contribution in [1.29, 1.82) is 0 Å². The van der Waals surface area contributed by atoms with Gasteiger partial charge in [-0.2, -0.15) is 0 Å². The zero-order valence-electron chi connectivity index (χ0n) is 15.8. The Morgan fingerprint density at radius 3 is 2.12 bits per heavy atom. The first-order chi connectivity index (χ1) is 11.7. The van der Waals surface area contributed by atoms with E-state index in [4.69, 9.17) is 4.74 Å². The molecule has 0 heterocycles. The third-order valence-electron chi connectivity index (χ3n) is 6.24. The number of esters is 1. The van der Waals surface area contributed by atoms with Gasteiger partial charge in [0.25, 0.3) is 0 Å². The van der Waals surface area contributed by atoms with Gasteiger partial charge in [0.05, 0.1) is 5.92 Å². The zero-order chi connectivity index (χ0) is 17.2. The maximum absolute atomic E-state index is 12.5. The van der Waals surface area contributed by atoms with E-state index in [0.717, 1.165) is 43.9 Å². The lowest BCUT2D eigenvalue weighted by atomic mass is 9.79. The summed E-state index contributed by atoms with van der Waals surface area (Å²) in [5.41, 5.74) is 0. The van der Waals surface area contributed by atoms with Gasteiger partial charge in [-0.3, -0.25) is 4.79 Å². The van der Waals surface area contributed by atoms with Crippen molar-refractivity contribution in [1.82, 2.24) is 0 Å². The molecule has 0 bridgehead atoms. The van der Waals surface area contributed by atoms with Crippen LogP contribution in [0.2, 0.25) is 0 Å². The lowest BCUT2D eigenvalue weighted by Crippen LogP contribution is -2.30. The molecule has 0 aromatic rings. The Bertz CT molecular complexity index is 360. The summed E-state index contributed by atoms with van der Waals surface area (Å²) in [7, 11) is 0. The third-order valence-corrected chi connectivity index (χ3v) is 6.24. The fourth-order valence-electron chi connectivity index (χ4n) is 4.53. The number of unbranched alkanes of at least 4 members (excludes halogenated alkanes) is 2. The van der Waals surface area contributed by atoms with Crippen molar-refractivity contribution < 1.29 is 9.53 Å². The van der Waals surface area contributed by atoms with Crippen LogP contribution in [0.25, 0.3) is 0 Å². The van der Waals surface area contributed by atoms with Gasteiger partial charge >= 0.3 is 5.97 Å². The quantitative estimate of drug-likeness (QED) is 0.275. The van der Waals surface area contributed by atoms with Gasteiger partial charge in [-0.1, -0.05) is 38.7 Å². The van der Waals surface area contributed by atoms with Crippen LogP contribution in [0, 0.1) is 17.8 Å². The molecule has 0 radical (unpaired) electrons. The van der Waals surface area contributed by atoms with Crippen LogP contribution in [0.5, 0.6) is 0 Å². The van der Waals surface area contributed by atoms with Crippen LogP contribution in [-0.2, 0) is 9.53 Å². The molecule has 0 aliphatic heterocycles. The van der Waals surface area contributed by atoms with Crippen LogP contribution in [0.1, 0.15) is 96.8 Å². The Balaban J connectivity index is 1.61. The molecule has 2 aliphatic rings. The molecule has 0 N–H and O–H groups in total. The Kier molecular flexibility index (Phi) is 8.91. The van der Waals surface area contributed by atoms with Crippen molar-refractivity contribution in [2.45, 2.75) is 103 Å². The van der Waals surface area contributed by atoms with E-state index in [2.05, 4.69) is 13.5 Å². The number of rotatable bonds is 9. The highest BCUT2D eigenvalue weighted by Crippen LogP contribution is 2.34. The monoisotopic (exact) mass is 334 g/mol. The minimum atomic E-state index is 0.108. The van der Waals surface area contributed by atoms with Gasteiger partial charge < -0.3 is 4.74 Å². The van der Waals surface area contributed by atoms with Crippen molar-refractivity contribution in [2.24, 2.45) is 17.8 Å². The molecule has 2 fully saturated rings. The van der Waals surface area contributed by atoms with E-state index >= 15 is 0 Å². The minimum absolute atomic E-state index is 0.108. The summed E-state index contributed by atoms with van der Waals surface area (Å²) in [5, 5.41) is 0. The molecule has 2 saturated carbocycles. The van der Waals surface area contributed by atoms with E-state index in [1.54, 1.807) is 0 Å². The summed E-state index contributed by atoms with van der Waals surface area (Å²) in [4.78, 5) is 12.5. The third kappa shape index (κ3) is 6.61.